The van der Waals surface area contributed by atoms with Crippen LogP contribution in [0.4, 0.5) is 0 Å². The van der Waals surface area contributed by atoms with E-state index in [0.717, 1.165) is 29.9 Å². The van der Waals surface area contributed by atoms with Gasteiger partial charge in [0, 0.05) is 5.56 Å². The largest absolute Gasteiger partial charge is 0.497 e. The zero-order valence-corrected chi connectivity index (χ0v) is 15.0. The lowest BCUT2D eigenvalue weighted by Gasteiger charge is -2.11. The molecule has 3 rings (SSSR count). The second kappa shape index (κ2) is 8.99. The monoisotopic (exact) mass is 349 g/mol. The number of ether oxygens (including phenoxy) is 1. The van der Waals surface area contributed by atoms with Gasteiger partial charge in [-0.2, -0.15) is 0 Å². The number of ketones is 1. The number of benzene rings is 2. The fourth-order valence-corrected chi connectivity index (χ4v) is 2.83. The van der Waals surface area contributed by atoms with Crippen molar-refractivity contribution < 1.29 is 14.4 Å². The van der Waals surface area contributed by atoms with E-state index in [4.69, 9.17) is 9.57 Å². The SMILES string of the molecule is COc1ccc(/C=C/C(=O)c2ccc(ON=C3CCCCC3)cc2)cc1. The Morgan fingerprint density at radius 1 is 0.923 bits per heavy atom. The van der Waals surface area contributed by atoms with E-state index in [0.29, 0.717) is 11.3 Å². The van der Waals surface area contributed by atoms with Crippen LogP contribution in [0.3, 0.4) is 0 Å². The third-order valence-corrected chi connectivity index (χ3v) is 4.39. The zero-order valence-electron chi connectivity index (χ0n) is 15.0. The van der Waals surface area contributed by atoms with E-state index in [1.54, 1.807) is 43.5 Å². The fraction of sp³-hybridized carbons (Fsp3) is 0.273. The molecule has 0 radical (unpaired) electrons. The Morgan fingerprint density at radius 2 is 1.58 bits per heavy atom. The van der Waals surface area contributed by atoms with Gasteiger partial charge >= 0.3 is 0 Å². The maximum absolute atomic E-state index is 12.3. The van der Waals surface area contributed by atoms with E-state index >= 15 is 0 Å². The van der Waals surface area contributed by atoms with Crippen molar-refractivity contribution >= 4 is 17.6 Å². The number of carbonyl (C=O) groups is 1. The summed E-state index contributed by atoms with van der Waals surface area (Å²) < 4.78 is 5.12. The summed E-state index contributed by atoms with van der Waals surface area (Å²) >= 11 is 0. The lowest BCUT2D eigenvalue weighted by atomic mass is 9.99. The molecule has 26 heavy (non-hydrogen) atoms. The van der Waals surface area contributed by atoms with Gasteiger partial charge in [-0.05, 0) is 73.7 Å². The maximum atomic E-state index is 12.3. The molecule has 0 aromatic heterocycles. The molecule has 0 heterocycles. The van der Waals surface area contributed by atoms with Crippen molar-refractivity contribution in [2.75, 3.05) is 7.11 Å². The third-order valence-electron chi connectivity index (χ3n) is 4.39. The molecule has 4 nitrogen and oxygen atoms in total. The average molecular weight is 349 g/mol. The maximum Gasteiger partial charge on any atom is 0.185 e. The summed E-state index contributed by atoms with van der Waals surface area (Å²) in [6, 6.07) is 14.6. The standard InChI is InChI=1S/C22H23NO3/c1-25-20-12-7-17(8-13-20)9-16-22(24)18-10-14-21(15-11-18)26-23-19-5-3-2-4-6-19/h7-16H,2-6H2,1H3/b16-9+. The van der Waals surface area contributed by atoms with E-state index in [2.05, 4.69) is 5.16 Å². The summed E-state index contributed by atoms with van der Waals surface area (Å²) in [7, 11) is 1.63. The normalized spacial score (nSPS) is 14.3. The Balaban J connectivity index is 1.58. The molecule has 2 aromatic carbocycles. The molecule has 0 spiro atoms. The second-order valence-electron chi connectivity index (χ2n) is 6.30. The van der Waals surface area contributed by atoms with Gasteiger partial charge in [-0.15, -0.1) is 0 Å². The Kier molecular flexibility index (Phi) is 6.20. The van der Waals surface area contributed by atoms with Crippen LogP contribution in [0.1, 0.15) is 48.0 Å². The van der Waals surface area contributed by atoms with Crippen LogP contribution in [-0.2, 0) is 0 Å². The molecule has 0 N–H and O–H groups in total. The number of nitrogens with zero attached hydrogens (tertiary/aromatic N) is 1. The second-order valence-corrected chi connectivity index (χ2v) is 6.30. The van der Waals surface area contributed by atoms with Crippen LogP contribution in [0.5, 0.6) is 11.5 Å². The highest BCUT2D eigenvalue weighted by atomic mass is 16.6. The summed E-state index contributed by atoms with van der Waals surface area (Å²) in [6.45, 7) is 0. The van der Waals surface area contributed by atoms with Crippen molar-refractivity contribution in [3.63, 3.8) is 0 Å². The van der Waals surface area contributed by atoms with Crippen molar-refractivity contribution in [1.82, 2.24) is 0 Å². The number of allylic oxidation sites excluding steroid dienone is 1. The smallest absolute Gasteiger partial charge is 0.185 e. The minimum Gasteiger partial charge on any atom is -0.497 e. The molecule has 0 saturated heterocycles. The molecule has 0 amide bonds. The number of hydrogen-bond acceptors (Lipinski definition) is 4. The molecule has 134 valence electrons. The number of rotatable bonds is 6. The molecule has 4 heteroatoms. The first-order valence-corrected chi connectivity index (χ1v) is 8.94. The van der Waals surface area contributed by atoms with Gasteiger partial charge in [0.05, 0.1) is 12.8 Å². The van der Waals surface area contributed by atoms with Gasteiger partial charge < -0.3 is 9.57 Å². The van der Waals surface area contributed by atoms with Crippen LogP contribution >= 0.6 is 0 Å². The fourth-order valence-electron chi connectivity index (χ4n) is 2.83. The highest BCUT2D eigenvalue weighted by Gasteiger charge is 2.07. The predicted molar refractivity (Wildman–Crippen MR) is 104 cm³/mol. The first-order valence-electron chi connectivity index (χ1n) is 8.94. The van der Waals surface area contributed by atoms with Crippen molar-refractivity contribution in [2.24, 2.45) is 5.16 Å². The van der Waals surface area contributed by atoms with Gasteiger partial charge in [0.15, 0.2) is 11.5 Å². The van der Waals surface area contributed by atoms with Gasteiger partial charge in [0.2, 0.25) is 0 Å². The van der Waals surface area contributed by atoms with Crippen molar-refractivity contribution in [2.45, 2.75) is 32.1 Å². The Hall–Kier alpha value is -2.88. The molecule has 1 aliphatic carbocycles. The minimum absolute atomic E-state index is 0.0500. The quantitative estimate of drug-likeness (QED) is 0.404. The summed E-state index contributed by atoms with van der Waals surface area (Å²) in [5, 5.41) is 4.23. The van der Waals surface area contributed by atoms with Crippen LogP contribution < -0.4 is 9.57 Å². The lowest BCUT2D eigenvalue weighted by Crippen LogP contribution is -2.06. The Labute approximate surface area is 154 Å². The van der Waals surface area contributed by atoms with Gasteiger partial charge in [-0.3, -0.25) is 4.79 Å². The van der Waals surface area contributed by atoms with Crippen molar-refractivity contribution in [3.05, 3.63) is 65.7 Å². The molecule has 2 aromatic rings. The number of hydrogen-bond donors (Lipinski definition) is 0. The molecule has 1 fully saturated rings. The molecule has 0 bridgehead atoms. The van der Waals surface area contributed by atoms with E-state index in [1.807, 2.05) is 24.3 Å². The number of methoxy groups -OCH3 is 1. The van der Waals surface area contributed by atoms with Crippen molar-refractivity contribution in [1.29, 1.82) is 0 Å². The molecule has 0 atom stereocenters. The van der Waals surface area contributed by atoms with Gasteiger partial charge in [0.25, 0.3) is 0 Å². The molecule has 0 unspecified atom stereocenters. The van der Waals surface area contributed by atoms with Gasteiger partial charge in [0.1, 0.15) is 5.75 Å². The first kappa shape index (κ1) is 17.9. The van der Waals surface area contributed by atoms with E-state index in [-0.39, 0.29) is 5.78 Å². The number of carbonyl (C=O) groups excluding carboxylic acids is 1. The van der Waals surface area contributed by atoms with Crippen LogP contribution in [0, 0.1) is 0 Å². The Morgan fingerprint density at radius 3 is 2.23 bits per heavy atom. The zero-order chi connectivity index (χ0) is 18.2. The molecular weight excluding hydrogens is 326 g/mol. The number of oxime groups is 1. The van der Waals surface area contributed by atoms with Gasteiger partial charge in [-0.1, -0.05) is 29.8 Å². The highest BCUT2D eigenvalue weighted by Crippen LogP contribution is 2.18. The van der Waals surface area contributed by atoms with E-state index < -0.39 is 0 Å². The topological polar surface area (TPSA) is 47.9 Å². The van der Waals surface area contributed by atoms with Crippen LogP contribution in [-0.4, -0.2) is 18.6 Å². The highest BCUT2D eigenvalue weighted by molar-refractivity contribution is 6.06. The third kappa shape index (κ3) is 5.06. The minimum atomic E-state index is -0.0500. The van der Waals surface area contributed by atoms with Crippen LogP contribution in [0.15, 0.2) is 59.8 Å². The van der Waals surface area contributed by atoms with E-state index in [9.17, 15) is 4.79 Å². The first-order chi connectivity index (χ1) is 12.7. The predicted octanol–water partition coefficient (Wildman–Crippen LogP) is 5.29. The summed E-state index contributed by atoms with van der Waals surface area (Å²) in [5.41, 5.74) is 2.69. The Bertz CT molecular complexity index is 781. The molecule has 1 saturated carbocycles. The van der Waals surface area contributed by atoms with Crippen LogP contribution in [0.25, 0.3) is 6.08 Å². The average Bonchev–Trinajstić information content (AvgIpc) is 2.72. The van der Waals surface area contributed by atoms with Crippen LogP contribution in [0.2, 0.25) is 0 Å². The molecule has 1 aliphatic rings. The van der Waals surface area contributed by atoms with E-state index in [1.165, 1.54) is 19.3 Å². The molecular formula is C22H23NO3. The summed E-state index contributed by atoms with van der Waals surface area (Å²) in [6.07, 6.45) is 9.06. The van der Waals surface area contributed by atoms with Crippen molar-refractivity contribution in [3.8, 4) is 11.5 Å². The summed E-state index contributed by atoms with van der Waals surface area (Å²) in [5.74, 6) is 1.39. The lowest BCUT2D eigenvalue weighted by molar-refractivity contribution is 0.104. The molecule has 0 aliphatic heterocycles. The summed E-state index contributed by atoms with van der Waals surface area (Å²) in [4.78, 5) is 17.8. The van der Waals surface area contributed by atoms with Gasteiger partial charge in [-0.25, -0.2) is 0 Å².